The zero-order valence-corrected chi connectivity index (χ0v) is 21.5. The molecule has 6 nitrogen and oxygen atoms in total. The molecule has 0 saturated heterocycles. The maximum absolute atomic E-state index is 13.1. The molecule has 1 fully saturated rings. The highest BCUT2D eigenvalue weighted by Crippen LogP contribution is 2.56. The van der Waals surface area contributed by atoms with Gasteiger partial charge in [-0.05, 0) is 55.7 Å². The molecule has 0 unspecified atom stereocenters. The summed E-state index contributed by atoms with van der Waals surface area (Å²) in [5.74, 6) is 0.286. The van der Waals surface area contributed by atoms with Gasteiger partial charge < -0.3 is 9.84 Å². The van der Waals surface area contributed by atoms with Gasteiger partial charge in [0.2, 0.25) is 0 Å². The van der Waals surface area contributed by atoms with Gasteiger partial charge in [-0.1, -0.05) is 55.5 Å². The third kappa shape index (κ3) is 4.24. The maximum atomic E-state index is 13.1. The number of hydrogen-bond acceptors (Lipinski definition) is 6. The molecule has 1 N–H and O–H groups in total. The first-order valence-corrected chi connectivity index (χ1v) is 12.9. The fourth-order valence-electron chi connectivity index (χ4n) is 6.44. The Balaban J connectivity index is 1.70. The summed E-state index contributed by atoms with van der Waals surface area (Å²) in [5, 5.41) is 10.1. The van der Waals surface area contributed by atoms with Gasteiger partial charge in [-0.15, -0.1) is 0 Å². The van der Waals surface area contributed by atoms with Crippen LogP contribution in [0, 0.1) is 18.8 Å². The Morgan fingerprint density at radius 3 is 2.68 bits per heavy atom. The van der Waals surface area contributed by atoms with Crippen LogP contribution in [0.2, 0.25) is 0 Å². The standard InChI is InChI=1S/C31H32N2O4/c1-19-26-14-13-25-28(22-9-7-8-21(16-22)12-15-27(35)37-3)32-20(2)33-30(25)31(26,17-23(18-34)29(19)36)24-10-5-4-6-11-24/h4-11,16,18-19,26,34H,12-15,17H2,1-3H3/t19-,26-,31+/m0/s1. The van der Waals surface area contributed by atoms with E-state index >= 15 is 0 Å². The summed E-state index contributed by atoms with van der Waals surface area (Å²) in [6, 6.07) is 18.4. The van der Waals surface area contributed by atoms with Crippen LogP contribution in [0.4, 0.5) is 0 Å². The molecule has 3 atom stereocenters. The van der Waals surface area contributed by atoms with Crippen LogP contribution in [0.25, 0.3) is 11.3 Å². The van der Waals surface area contributed by atoms with Crippen LogP contribution in [0.5, 0.6) is 0 Å². The van der Waals surface area contributed by atoms with Gasteiger partial charge in [0.05, 0.1) is 24.8 Å². The summed E-state index contributed by atoms with van der Waals surface area (Å²) >= 11 is 0. The normalized spacial score (nSPS) is 23.9. The van der Waals surface area contributed by atoms with Gasteiger partial charge in [0, 0.05) is 34.5 Å². The number of rotatable bonds is 5. The fourth-order valence-corrected chi connectivity index (χ4v) is 6.44. The Morgan fingerprint density at radius 2 is 1.95 bits per heavy atom. The minimum Gasteiger partial charge on any atom is -0.515 e. The number of aliphatic hydroxyl groups is 1. The van der Waals surface area contributed by atoms with E-state index in [-0.39, 0.29) is 23.6 Å². The SMILES string of the molecule is COC(=O)CCc1cccc(-c2nc(C)nc3c2CC[C@H]2[C@H](C)C(=O)C(=CO)C[C@]32c2ccccc2)c1. The highest BCUT2D eigenvalue weighted by atomic mass is 16.5. The van der Waals surface area contributed by atoms with Crippen LogP contribution in [0.1, 0.15) is 54.4 Å². The number of ether oxygens (including phenoxy) is 1. The van der Waals surface area contributed by atoms with Crippen molar-refractivity contribution in [2.45, 2.75) is 51.4 Å². The molecule has 3 aromatic rings. The lowest BCUT2D eigenvalue weighted by atomic mass is 9.52. The van der Waals surface area contributed by atoms with E-state index in [2.05, 4.69) is 24.3 Å². The number of allylic oxidation sites excluding steroid dienone is 1. The third-order valence-electron chi connectivity index (χ3n) is 8.17. The average molecular weight is 497 g/mol. The number of carbonyl (C=O) groups is 2. The number of aromatic nitrogens is 2. The summed E-state index contributed by atoms with van der Waals surface area (Å²) in [7, 11) is 1.40. The molecule has 1 aromatic heterocycles. The average Bonchev–Trinajstić information content (AvgIpc) is 2.93. The molecule has 1 saturated carbocycles. The zero-order valence-electron chi connectivity index (χ0n) is 21.5. The third-order valence-corrected chi connectivity index (χ3v) is 8.17. The first-order chi connectivity index (χ1) is 17.9. The van der Waals surface area contributed by atoms with Crippen LogP contribution in [0.15, 0.2) is 66.4 Å². The van der Waals surface area contributed by atoms with Gasteiger partial charge in [0.25, 0.3) is 0 Å². The van der Waals surface area contributed by atoms with Crippen molar-refractivity contribution in [1.82, 2.24) is 9.97 Å². The number of benzene rings is 2. The molecule has 0 aliphatic heterocycles. The van der Waals surface area contributed by atoms with Gasteiger partial charge in [-0.25, -0.2) is 9.97 Å². The van der Waals surface area contributed by atoms with Gasteiger partial charge in [-0.2, -0.15) is 0 Å². The van der Waals surface area contributed by atoms with Crippen LogP contribution < -0.4 is 0 Å². The van der Waals surface area contributed by atoms with Crippen molar-refractivity contribution >= 4 is 11.8 Å². The van der Waals surface area contributed by atoms with Crippen molar-refractivity contribution in [3.05, 3.63) is 94.6 Å². The van der Waals surface area contributed by atoms with Crippen molar-refractivity contribution in [2.75, 3.05) is 7.11 Å². The van der Waals surface area contributed by atoms with Crippen molar-refractivity contribution in [2.24, 2.45) is 11.8 Å². The topological polar surface area (TPSA) is 89.4 Å². The van der Waals surface area contributed by atoms with E-state index in [1.165, 1.54) is 7.11 Å². The van der Waals surface area contributed by atoms with Crippen LogP contribution in [-0.4, -0.2) is 33.9 Å². The van der Waals surface area contributed by atoms with Gasteiger partial charge in [0.15, 0.2) is 5.78 Å². The molecule has 5 rings (SSSR count). The van der Waals surface area contributed by atoms with Gasteiger partial charge in [0.1, 0.15) is 5.82 Å². The number of fused-ring (bicyclic) bond motifs is 3. The van der Waals surface area contributed by atoms with Crippen molar-refractivity contribution in [1.29, 1.82) is 0 Å². The molecule has 2 aliphatic rings. The van der Waals surface area contributed by atoms with Gasteiger partial charge >= 0.3 is 5.97 Å². The first-order valence-electron chi connectivity index (χ1n) is 12.9. The Bertz CT molecular complexity index is 1380. The summed E-state index contributed by atoms with van der Waals surface area (Å²) < 4.78 is 4.81. The smallest absolute Gasteiger partial charge is 0.305 e. The monoisotopic (exact) mass is 496 g/mol. The minimum absolute atomic E-state index is 0.0202. The molecule has 190 valence electrons. The fraction of sp³-hybridized carbons (Fsp3) is 0.355. The molecule has 0 bridgehead atoms. The number of nitrogens with zero attached hydrogens (tertiary/aromatic N) is 2. The molecule has 6 heteroatoms. The van der Waals surface area contributed by atoms with Crippen LogP contribution >= 0.6 is 0 Å². The number of esters is 1. The molecule has 37 heavy (non-hydrogen) atoms. The molecule has 0 amide bonds. The first kappa shape index (κ1) is 24.9. The van der Waals surface area contributed by atoms with E-state index < -0.39 is 5.41 Å². The Kier molecular flexibility index (Phi) is 6.67. The Hall–Kier alpha value is -3.80. The van der Waals surface area contributed by atoms with E-state index in [4.69, 9.17) is 14.7 Å². The second-order valence-electron chi connectivity index (χ2n) is 10.2. The molecule has 0 spiro atoms. The molecular formula is C31H32N2O4. The number of methoxy groups -OCH3 is 1. The van der Waals surface area contributed by atoms with Crippen molar-refractivity contribution in [3.8, 4) is 11.3 Å². The molecule has 2 aliphatic carbocycles. The largest absolute Gasteiger partial charge is 0.515 e. The lowest BCUT2D eigenvalue weighted by molar-refractivity contribution is -0.140. The second-order valence-corrected chi connectivity index (χ2v) is 10.2. The number of aryl methyl sites for hydroxylation is 2. The van der Waals surface area contributed by atoms with Crippen LogP contribution in [-0.2, 0) is 32.6 Å². The summed E-state index contributed by atoms with van der Waals surface area (Å²) in [6.45, 7) is 3.89. The minimum atomic E-state index is -0.540. The maximum Gasteiger partial charge on any atom is 0.305 e. The molecular weight excluding hydrogens is 464 g/mol. The molecule has 1 heterocycles. The predicted octanol–water partition coefficient (Wildman–Crippen LogP) is 5.46. The number of Topliss-reactive ketones (excluding diaryl/α,β-unsaturated/α-hetero) is 1. The van der Waals surface area contributed by atoms with E-state index in [9.17, 15) is 14.7 Å². The van der Waals surface area contributed by atoms with Crippen molar-refractivity contribution < 1.29 is 19.4 Å². The van der Waals surface area contributed by atoms with Crippen LogP contribution in [0.3, 0.4) is 0 Å². The Labute approximate surface area is 217 Å². The second kappa shape index (κ2) is 9.92. The highest BCUT2D eigenvalue weighted by molar-refractivity contribution is 5.98. The highest BCUT2D eigenvalue weighted by Gasteiger charge is 2.55. The Morgan fingerprint density at radius 1 is 1.16 bits per heavy atom. The van der Waals surface area contributed by atoms with Gasteiger partial charge in [-0.3, -0.25) is 9.59 Å². The number of ketones is 1. The quantitative estimate of drug-likeness (QED) is 0.287. The number of aliphatic hydroxyl groups excluding tert-OH is 1. The summed E-state index contributed by atoms with van der Waals surface area (Å²) in [4.78, 5) is 34.8. The lowest BCUT2D eigenvalue weighted by Gasteiger charge is -2.51. The van der Waals surface area contributed by atoms with Crippen molar-refractivity contribution in [3.63, 3.8) is 0 Å². The number of carbonyl (C=O) groups excluding carboxylic acids is 2. The van der Waals surface area contributed by atoms with E-state index in [1.807, 2.05) is 44.2 Å². The molecule has 0 radical (unpaired) electrons. The van der Waals surface area contributed by atoms with E-state index in [0.717, 1.165) is 52.7 Å². The predicted molar refractivity (Wildman–Crippen MR) is 141 cm³/mol. The number of hydrogen-bond donors (Lipinski definition) is 1. The summed E-state index contributed by atoms with van der Waals surface area (Å²) in [5.41, 5.74) is 5.99. The lowest BCUT2D eigenvalue weighted by Crippen LogP contribution is -2.51. The zero-order chi connectivity index (χ0) is 26.2. The molecule has 2 aromatic carbocycles. The van der Waals surface area contributed by atoms with E-state index in [0.29, 0.717) is 30.7 Å². The van der Waals surface area contributed by atoms with E-state index in [1.54, 1.807) is 0 Å². The summed E-state index contributed by atoms with van der Waals surface area (Å²) in [6.07, 6.45) is 3.91.